The highest BCUT2D eigenvalue weighted by Gasteiger charge is 2.60. The molecule has 0 heterocycles. The molecule has 3 saturated carbocycles. The van der Waals surface area contributed by atoms with E-state index in [9.17, 15) is 9.90 Å². The van der Waals surface area contributed by atoms with Gasteiger partial charge in [-0.2, -0.15) is 0 Å². The molecule has 2 heteroatoms. The molecule has 4 rings (SSSR count). The van der Waals surface area contributed by atoms with E-state index in [-0.39, 0.29) is 16.9 Å². The van der Waals surface area contributed by atoms with Gasteiger partial charge >= 0.3 is 0 Å². The smallest absolute Gasteiger partial charge is 0.139 e. The van der Waals surface area contributed by atoms with Crippen LogP contribution in [-0.2, 0) is 4.79 Å². The summed E-state index contributed by atoms with van der Waals surface area (Å²) in [4.78, 5) is 12.5. The Balaban J connectivity index is 1.79. The fraction of sp³-hybridized carbons (Fsp3) is 0.773. The maximum atomic E-state index is 12.5. The number of rotatable bonds is 0. The Kier molecular flexibility index (Phi) is 3.56. The molecule has 7 atom stereocenters. The third-order valence-electron chi connectivity index (χ3n) is 8.45. The van der Waals surface area contributed by atoms with Gasteiger partial charge in [0.05, 0.1) is 6.10 Å². The maximum absolute atomic E-state index is 12.5. The van der Waals surface area contributed by atoms with Crippen molar-refractivity contribution in [2.24, 2.45) is 34.5 Å². The van der Waals surface area contributed by atoms with Crippen LogP contribution in [0.25, 0.3) is 0 Å². The van der Waals surface area contributed by atoms with Gasteiger partial charge in [-0.05, 0) is 73.2 Å². The van der Waals surface area contributed by atoms with E-state index < -0.39 is 0 Å². The first-order chi connectivity index (χ1) is 11.3. The summed E-state index contributed by atoms with van der Waals surface area (Å²) in [6, 6.07) is 0. The molecule has 130 valence electrons. The lowest BCUT2D eigenvalue weighted by atomic mass is 9.46. The summed E-state index contributed by atoms with van der Waals surface area (Å²) >= 11 is 0. The largest absolute Gasteiger partial charge is 0.393 e. The summed E-state index contributed by atoms with van der Waals surface area (Å²) in [7, 11) is 0. The number of aliphatic hydroxyl groups is 1. The highest BCUT2D eigenvalue weighted by molar-refractivity contribution is 5.87. The van der Waals surface area contributed by atoms with Crippen molar-refractivity contribution in [1.82, 2.24) is 0 Å². The lowest BCUT2D eigenvalue weighted by molar-refractivity contribution is -0.132. The second-order valence-corrected chi connectivity index (χ2v) is 9.47. The van der Waals surface area contributed by atoms with Gasteiger partial charge in [0.2, 0.25) is 0 Å². The summed E-state index contributed by atoms with van der Waals surface area (Å²) in [6.45, 7) is 6.80. The molecule has 0 aromatic carbocycles. The second kappa shape index (κ2) is 5.21. The number of Topliss-reactive ketones (excluding diaryl/α,β-unsaturated/α-hetero) is 1. The van der Waals surface area contributed by atoms with Gasteiger partial charge in [0.15, 0.2) is 0 Å². The zero-order valence-electron chi connectivity index (χ0n) is 15.3. The summed E-state index contributed by atoms with van der Waals surface area (Å²) < 4.78 is 0. The Morgan fingerprint density at radius 2 is 1.88 bits per heavy atom. The van der Waals surface area contributed by atoms with Gasteiger partial charge in [-0.15, -0.1) is 6.42 Å². The zero-order chi connectivity index (χ0) is 17.3. The van der Waals surface area contributed by atoms with Gasteiger partial charge in [0.1, 0.15) is 5.78 Å². The molecule has 0 spiro atoms. The average Bonchev–Trinajstić information content (AvgIpc) is 2.84. The molecule has 0 aromatic heterocycles. The SMILES string of the molecule is C#CC1=C2C[C@@H](O)[C@H](C)C[C@]2(C)[C@H]2CC[C@]3(C)C(=O)CC[C@H]3[C@@H]2C1. The number of allylic oxidation sites excluding steroid dienone is 1. The lowest BCUT2D eigenvalue weighted by Crippen LogP contribution is -2.52. The second-order valence-electron chi connectivity index (χ2n) is 9.47. The van der Waals surface area contributed by atoms with Crippen LogP contribution < -0.4 is 0 Å². The Morgan fingerprint density at radius 3 is 2.58 bits per heavy atom. The van der Waals surface area contributed by atoms with E-state index in [2.05, 4.69) is 26.7 Å². The number of ketones is 1. The lowest BCUT2D eigenvalue weighted by Gasteiger charge is -2.58. The van der Waals surface area contributed by atoms with E-state index >= 15 is 0 Å². The van der Waals surface area contributed by atoms with E-state index in [4.69, 9.17) is 6.42 Å². The predicted molar refractivity (Wildman–Crippen MR) is 95.0 cm³/mol. The number of terminal acetylenes is 1. The summed E-state index contributed by atoms with van der Waals surface area (Å²) in [5, 5.41) is 10.4. The van der Waals surface area contributed by atoms with Crippen molar-refractivity contribution >= 4 is 5.78 Å². The van der Waals surface area contributed by atoms with Crippen LogP contribution in [0, 0.1) is 46.8 Å². The fourth-order valence-electron chi connectivity index (χ4n) is 7.05. The molecule has 24 heavy (non-hydrogen) atoms. The van der Waals surface area contributed by atoms with Gasteiger partial charge in [0, 0.05) is 17.4 Å². The fourth-order valence-corrected chi connectivity index (χ4v) is 7.05. The van der Waals surface area contributed by atoms with Crippen LogP contribution >= 0.6 is 0 Å². The first-order valence-electron chi connectivity index (χ1n) is 9.71. The summed E-state index contributed by atoms with van der Waals surface area (Å²) in [5.74, 6) is 5.49. The van der Waals surface area contributed by atoms with E-state index in [0.717, 1.165) is 50.5 Å². The van der Waals surface area contributed by atoms with Gasteiger partial charge < -0.3 is 5.11 Å². The number of hydrogen-bond acceptors (Lipinski definition) is 2. The van der Waals surface area contributed by atoms with Crippen molar-refractivity contribution in [2.75, 3.05) is 0 Å². The van der Waals surface area contributed by atoms with Gasteiger partial charge in [-0.3, -0.25) is 4.79 Å². The Morgan fingerprint density at radius 1 is 1.17 bits per heavy atom. The average molecular weight is 326 g/mol. The van der Waals surface area contributed by atoms with Crippen LogP contribution in [0.4, 0.5) is 0 Å². The molecule has 0 radical (unpaired) electrons. The van der Waals surface area contributed by atoms with Crippen molar-refractivity contribution < 1.29 is 9.90 Å². The third kappa shape index (κ3) is 1.97. The van der Waals surface area contributed by atoms with Crippen molar-refractivity contribution in [3.05, 3.63) is 11.1 Å². The zero-order valence-corrected chi connectivity index (χ0v) is 15.3. The predicted octanol–water partition coefficient (Wildman–Crippen LogP) is 4.13. The van der Waals surface area contributed by atoms with Crippen LogP contribution in [0.15, 0.2) is 11.1 Å². The van der Waals surface area contributed by atoms with E-state index in [1.54, 1.807) is 0 Å². The summed E-state index contributed by atoms with van der Waals surface area (Å²) in [6.07, 6.45) is 12.4. The molecule has 3 fully saturated rings. The maximum Gasteiger partial charge on any atom is 0.139 e. The van der Waals surface area contributed by atoms with E-state index in [0.29, 0.717) is 29.5 Å². The molecular formula is C22H30O2. The topological polar surface area (TPSA) is 37.3 Å². The highest BCUT2D eigenvalue weighted by atomic mass is 16.3. The number of hydrogen-bond donors (Lipinski definition) is 1. The standard InChI is InChI=1S/C22H30O2/c1-5-14-10-15-16-6-7-20(24)21(16,3)9-8-17(15)22(4)12-13(2)19(23)11-18(14)22/h1,13,15-17,19,23H,6-12H2,2-4H3/t13-,15+,16+,17+,19-,21+,22-/m1/s1. The van der Waals surface area contributed by atoms with E-state index in [1.807, 2.05) is 0 Å². The minimum atomic E-state index is -0.255. The number of fused-ring (bicyclic) bond motifs is 5. The molecule has 0 unspecified atom stereocenters. The van der Waals surface area contributed by atoms with E-state index in [1.165, 1.54) is 5.57 Å². The minimum absolute atomic E-state index is 0.103. The monoisotopic (exact) mass is 326 g/mol. The highest BCUT2D eigenvalue weighted by Crippen LogP contribution is 2.65. The van der Waals surface area contributed by atoms with Crippen molar-refractivity contribution in [2.45, 2.75) is 71.8 Å². The molecular weight excluding hydrogens is 296 g/mol. The van der Waals surface area contributed by atoms with Crippen molar-refractivity contribution in [1.29, 1.82) is 0 Å². The molecule has 4 aliphatic rings. The number of carbonyl (C=O) groups excluding carboxylic acids is 1. The van der Waals surface area contributed by atoms with Crippen LogP contribution in [0.5, 0.6) is 0 Å². The van der Waals surface area contributed by atoms with Gasteiger partial charge in [-0.1, -0.05) is 26.7 Å². The van der Waals surface area contributed by atoms with Crippen molar-refractivity contribution in [3.63, 3.8) is 0 Å². The van der Waals surface area contributed by atoms with Gasteiger partial charge in [0.25, 0.3) is 0 Å². The van der Waals surface area contributed by atoms with Crippen molar-refractivity contribution in [3.8, 4) is 12.3 Å². The molecule has 0 amide bonds. The molecule has 0 aromatic rings. The first kappa shape index (κ1) is 16.4. The number of carbonyl (C=O) groups is 1. The Labute approximate surface area is 146 Å². The molecule has 1 N–H and O–H groups in total. The van der Waals surface area contributed by atoms with Gasteiger partial charge in [-0.25, -0.2) is 0 Å². The van der Waals surface area contributed by atoms with Crippen LogP contribution in [0.3, 0.4) is 0 Å². The summed E-state index contributed by atoms with van der Waals surface area (Å²) in [5.41, 5.74) is 2.53. The van der Waals surface area contributed by atoms with Crippen LogP contribution in [-0.4, -0.2) is 17.0 Å². The molecule has 0 bridgehead atoms. The molecule has 2 nitrogen and oxygen atoms in total. The quantitative estimate of drug-likeness (QED) is 0.680. The molecule has 0 saturated heterocycles. The first-order valence-corrected chi connectivity index (χ1v) is 9.71. The minimum Gasteiger partial charge on any atom is -0.393 e. The Bertz CT molecular complexity index is 653. The molecule has 4 aliphatic carbocycles. The van der Waals surface area contributed by atoms with Crippen LogP contribution in [0.2, 0.25) is 0 Å². The third-order valence-corrected chi connectivity index (χ3v) is 8.45. The normalized spacial score (nSPS) is 50.8. The van der Waals surface area contributed by atoms with Crippen LogP contribution in [0.1, 0.15) is 65.7 Å². The number of aliphatic hydroxyl groups excluding tert-OH is 1. The molecule has 0 aliphatic heterocycles. The Hall–Kier alpha value is -1.07.